The minimum atomic E-state index is -1.09. The smallest absolute Gasteiger partial charge is 0.339 e. The number of rotatable bonds is 8. The molecule has 0 fully saturated rings. The largest absolute Gasteiger partial charge is 0.507 e. The summed E-state index contributed by atoms with van der Waals surface area (Å²) >= 11 is 0. The zero-order valence-corrected chi connectivity index (χ0v) is 16.1. The first-order valence-electron chi connectivity index (χ1n) is 9.47. The molecule has 0 saturated heterocycles. The maximum atomic E-state index is 11.9. The second-order valence-electron chi connectivity index (χ2n) is 7.25. The summed E-state index contributed by atoms with van der Waals surface area (Å²) in [6.45, 7) is 9.74. The van der Waals surface area contributed by atoms with Crippen LogP contribution in [-0.2, 0) is 6.42 Å². The second kappa shape index (κ2) is 8.93. The molecule has 4 heteroatoms. The number of unbranched alkanes of at least 4 members (excludes halogenated alkanes) is 2. The normalized spacial score (nSPS) is 16.9. The molecule has 0 aromatic heterocycles. The van der Waals surface area contributed by atoms with Gasteiger partial charge in [-0.1, -0.05) is 38.0 Å². The Morgan fingerprint density at radius 3 is 2.69 bits per heavy atom. The SMILES string of the molecule is C=C(C)Oc1cc(CCCCC)c(C(=O)O)c(O)c1[C@@H]1C=C(C)CCC1. The highest BCUT2D eigenvalue weighted by molar-refractivity contribution is 5.94. The first kappa shape index (κ1) is 20.1. The van der Waals surface area contributed by atoms with Gasteiger partial charge in [-0.25, -0.2) is 4.79 Å². The summed E-state index contributed by atoms with van der Waals surface area (Å²) < 4.78 is 5.82. The minimum Gasteiger partial charge on any atom is -0.507 e. The highest BCUT2D eigenvalue weighted by Crippen LogP contribution is 2.45. The molecule has 0 spiro atoms. The van der Waals surface area contributed by atoms with Gasteiger partial charge in [0.25, 0.3) is 0 Å². The Morgan fingerprint density at radius 1 is 1.38 bits per heavy atom. The third-order valence-corrected chi connectivity index (χ3v) is 4.87. The van der Waals surface area contributed by atoms with Crippen LogP contribution >= 0.6 is 0 Å². The van der Waals surface area contributed by atoms with Crippen LogP contribution in [0, 0.1) is 0 Å². The van der Waals surface area contributed by atoms with Crippen molar-refractivity contribution in [2.24, 2.45) is 0 Å². The molecule has 0 heterocycles. The van der Waals surface area contributed by atoms with Gasteiger partial charge in [-0.15, -0.1) is 0 Å². The first-order valence-corrected chi connectivity index (χ1v) is 9.47. The summed E-state index contributed by atoms with van der Waals surface area (Å²) in [6.07, 6.45) is 8.59. The Balaban J connectivity index is 2.60. The molecule has 0 aliphatic heterocycles. The lowest BCUT2D eigenvalue weighted by Crippen LogP contribution is -2.11. The van der Waals surface area contributed by atoms with Crippen molar-refractivity contribution in [2.75, 3.05) is 0 Å². The van der Waals surface area contributed by atoms with E-state index in [4.69, 9.17) is 4.74 Å². The molecule has 0 radical (unpaired) electrons. The molecule has 1 aliphatic carbocycles. The number of hydrogen-bond acceptors (Lipinski definition) is 3. The van der Waals surface area contributed by atoms with Crippen molar-refractivity contribution in [1.29, 1.82) is 0 Å². The number of benzene rings is 1. The van der Waals surface area contributed by atoms with Crippen molar-refractivity contribution < 1.29 is 19.7 Å². The molecule has 1 aromatic carbocycles. The van der Waals surface area contributed by atoms with Gasteiger partial charge in [-0.05, 0) is 57.6 Å². The van der Waals surface area contributed by atoms with E-state index < -0.39 is 5.97 Å². The van der Waals surface area contributed by atoms with Crippen LogP contribution in [0.1, 0.15) is 86.7 Å². The van der Waals surface area contributed by atoms with E-state index in [1.54, 1.807) is 13.0 Å². The summed E-state index contributed by atoms with van der Waals surface area (Å²) in [5, 5.41) is 20.6. The molecule has 0 bridgehead atoms. The van der Waals surface area contributed by atoms with E-state index in [1.807, 2.05) is 0 Å². The van der Waals surface area contributed by atoms with Gasteiger partial charge in [0, 0.05) is 11.5 Å². The minimum absolute atomic E-state index is 0.0156. The molecule has 0 amide bonds. The van der Waals surface area contributed by atoms with Crippen LogP contribution in [0.4, 0.5) is 0 Å². The summed E-state index contributed by atoms with van der Waals surface area (Å²) in [5.74, 6) is -0.236. The van der Waals surface area contributed by atoms with E-state index in [0.29, 0.717) is 29.1 Å². The highest BCUT2D eigenvalue weighted by atomic mass is 16.5. The maximum absolute atomic E-state index is 11.9. The van der Waals surface area contributed by atoms with Crippen molar-refractivity contribution in [3.05, 3.63) is 46.7 Å². The summed E-state index contributed by atoms with van der Waals surface area (Å²) in [7, 11) is 0. The molecule has 2 rings (SSSR count). The van der Waals surface area contributed by atoms with Crippen LogP contribution in [0.3, 0.4) is 0 Å². The molecule has 2 N–H and O–H groups in total. The van der Waals surface area contributed by atoms with Gasteiger partial charge in [-0.2, -0.15) is 0 Å². The average molecular weight is 358 g/mol. The van der Waals surface area contributed by atoms with E-state index >= 15 is 0 Å². The highest BCUT2D eigenvalue weighted by Gasteiger charge is 2.28. The van der Waals surface area contributed by atoms with Crippen molar-refractivity contribution in [3.63, 3.8) is 0 Å². The molecule has 4 nitrogen and oxygen atoms in total. The number of aromatic hydroxyl groups is 1. The number of hydrogen-bond donors (Lipinski definition) is 2. The zero-order valence-electron chi connectivity index (χ0n) is 16.1. The van der Waals surface area contributed by atoms with Crippen molar-refractivity contribution in [2.45, 2.75) is 71.6 Å². The van der Waals surface area contributed by atoms with Gasteiger partial charge < -0.3 is 14.9 Å². The zero-order chi connectivity index (χ0) is 19.3. The van der Waals surface area contributed by atoms with E-state index in [1.165, 1.54) is 5.57 Å². The van der Waals surface area contributed by atoms with Crippen LogP contribution in [0.25, 0.3) is 0 Å². The number of carboxylic acid groups (broad SMARTS) is 1. The number of carbonyl (C=O) groups is 1. The predicted octanol–water partition coefficient (Wildman–Crippen LogP) is 5.95. The molecular formula is C22H30O4. The summed E-state index contributed by atoms with van der Waals surface area (Å²) in [5.41, 5.74) is 2.47. The lowest BCUT2D eigenvalue weighted by Gasteiger charge is -2.25. The van der Waals surface area contributed by atoms with Crippen molar-refractivity contribution >= 4 is 5.97 Å². The maximum Gasteiger partial charge on any atom is 0.339 e. The van der Waals surface area contributed by atoms with E-state index in [-0.39, 0.29) is 17.2 Å². The standard InChI is InChI=1S/C22H30O4/c1-5-6-7-10-17-13-18(26-14(2)3)19(21(23)20(17)22(24)25)16-11-8-9-15(4)12-16/h12-13,16,23H,2,5-11H2,1,3-4H3,(H,24,25)/t16-/m0/s1. The van der Waals surface area contributed by atoms with Gasteiger partial charge in [-0.3, -0.25) is 0 Å². The summed E-state index contributed by atoms with van der Waals surface area (Å²) in [4.78, 5) is 11.9. The number of carboxylic acids is 1. The van der Waals surface area contributed by atoms with Crippen molar-refractivity contribution in [3.8, 4) is 11.5 Å². The fourth-order valence-electron chi connectivity index (χ4n) is 3.68. The first-order chi connectivity index (χ1) is 12.3. The fraction of sp³-hybridized carbons (Fsp3) is 0.500. The second-order valence-corrected chi connectivity index (χ2v) is 7.25. The Hall–Kier alpha value is -2.23. The number of aryl methyl sites for hydroxylation is 1. The molecule has 1 atom stereocenters. The number of allylic oxidation sites excluding steroid dienone is 3. The lowest BCUT2D eigenvalue weighted by atomic mass is 9.83. The van der Waals surface area contributed by atoms with Crippen LogP contribution in [0.15, 0.2) is 30.1 Å². The third kappa shape index (κ3) is 4.69. The van der Waals surface area contributed by atoms with E-state index in [0.717, 1.165) is 38.5 Å². The molecule has 26 heavy (non-hydrogen) atoms. The van der Waals surface area contributed by atoms with Crippen molar-refractivity contribution in [1.82, 2.24) is 0 Å². The van der Waals surface area contributed by atoms with Gasteiger partial charge in [0.05, 0.1) is 5.76 Å². The molecule has 142 valence electrons. The fourth-order valence-corrected chi connectivity index (χ4v) is 3.68. The van der Waals surface area contributed by atoms with Crippen LogP contribution in [0.5, 0.6) is 11.5 Å². The van der Waals surface area contributed by atoms with Gasteiger partial charge in [0.2, 0.25) is 0 Å². The number of phenols is 1. The van der Waals surface area contributed by atoms with Gasteiger partial charge in [0.15, 0.2) is 0 Å². The van der Waals surface area contributed by atoms with Crippen LogP contribution in [-0.4, -0.2) is 16.2 Å². The van der Waals surface area contributed by atoms with Gasteiger partial charge in [0.1, 0.15) is 17.1 Å². The van der Waals surface area contributed by atoms with Crippen LogP contribution in [0.2, 0.25) is 0 Å². The molecule has 1 aromatic rings. The lowest BCUT2D eigenvalue weighted by molar-refractivity contribution is 0.0692. The average Bonchev–Trinajstić information content (AvgIpc) is 2.54. The van der Waals surface area contributed by atoms with Crippen LogP contribution < -0.4 is 4.74 Å². The molecule has 0 saturated carbocycles. The van der Waals surface area contributed by atoms with Gasteiger partial charge >= 0.3 is 5.97 Å². The molecular weight excluding hydrogens is 328 g/mol. The third-order valence-electron chi connectivity index (χ3n) is 4.87. The Bertz CT molecular complexity index is 715. The van der Waals surface area contributed by atoms with E-state index in [2.05, 4.69) is 26.5 Å². The Labute approximate surface area is 156 Å². The molecule has 0 unspecified atom stereocenters. The Morgan fingerprint density at radius 2 is 2.12 bits per heavy atom. The monoisotopic (exact) mass is 358 g/mol. The Kier molecular flexibility index (Phi) is 6.90. The quantitative estimate of drug-likeness (QED) is 0.342. The molecule has 1 aliphatic rings. The van der Waals surface area contributed by atoms with E-state index in [9.17, 15) is 15.0 Å². The topological polar surface area (TPSA) is 66.8 Å². The number of aromatic carboxylic acids is 1. The summed E-state index contributed by atoms with van der Waals surface area (Å²) in [6, 6.07) is 1.79. The number of ether oxygens (including phenoxy) is 1. The predicted molar refractivity (Wildman–Crippen MR) is 104 cm³/mol.